The van der Waals surface area contributed by atoms with Crippen molar-refractivity contribution in [2.75, 3.05) is 22.5 Å². The Morgan fingerprint density at radius 2 is 1.86 bits per heavy atom. The summed E-state index contributed by atoms with van der Waals surface area (Å²) in [5, 5.41) is 3.67. The Labute approximate surface area is 137 Å². The van der Waals surface area contributed by atoms with E-state index in [9.17, 15) is 4.79 Å². The minimum atomic E-state index is -0.205. The Hall–Kier alpha value is -1.99. The van der Waals surface area contributed by atoms with Crippen LogP contribution in [0.4, 0.5) is 17.3 Å². The number of anilines is 3. The SMILES string of the molecule is Cc1cc(C)c(NC(=O)CSc2nc(N)cc(N)n2)c(Cl)c1. The highest BCUT2D eigenvalue weighted by atomic mass is 35.5. The highest BCUT2D eigenvalue weighted by molar-refractivity contribution is 7.99. The summed E-state index contributed by atoms with van der Waals surface area (Å²) in [7, 11) is 0. The number of nitrogen functional groups attached to an aromatic ring is 2. The van der Waals surface area contributed by atoms with E-state index in [1.807, 2.05) is 19.9 Å². The third kappa shape index (κ3) is 4.25. The molecule has 8 heteroatoms. The molecule has 1 aromatic carbocycles. The molecule has 0 spiro atoms. The zero-order valence-electron chi connectivity index (χ0n) is 12.2. The zero-order valence-corrected chi connectivity index (χ0v) is 13.8. The van der Waals surface area contributed by atoms with Crippen molar-refractivity contribution in [1.82, 2.24) is 9.97 Å². The maximum atomic E-state index is 12.0. The Balaban J connectivity index is 2.02. The molecule has 0 unspecified atom stereocenters. The van der Waals surface area contributed by atoms with E-state index in [-0.39, 0.29) is 23.3 Å². The Morgan fingerprint density at radius 1 is 1.23 bits per heavy atom. The fourth-order valence-corrected chi connectivity index (χ4v) is 2.95. The van der Waals surface area contributed by atoms with Gasteiger partial charge in [-0.25, -0.2) is 9.97 Å². The van der Waals surface area contributed by atoms with E-state index in [4.69, 9.17) is 23.1 Å². The van der Waals surface area contributed by atoms with E-state index in [1.54, 1.807) is 6.07 Å². The predicted octanol–water partition coefficient (Wildman–Crippen LogP) is 2.64. The van der Waals surface area contributed by atoms with Crippen molar-refractivity contribution in [3.63, 3.8) is 0 Å². The van der Waals surface area contributed by atoms with Crippen molar-refractivity contribution in [2.24, 2.45) is 0 Å². The van der Waals surface area contributed by atoms with E-state index in [0.29, 0.717) is 15.9 Å². The molecule has 116 valence electrons. The number of aromatic nitrogens is 2. The number of halogens is 1. The number of amides is 1. The molecule has 2 aromatic rings. The molecule has 1 heterocycles. The van der Waals surface area contributed by atoms with Gasteiger partial charge in [-0.2, -0.15) is 0 Å². The van der Waals surface area contributed by atoms with Crippen LogP contribution in [0.2, 0.25) is 5.02 Å². The second-order valence-electron chi connectivity index (χ2n) is 4.78. The molecule has 0 aliphatic heterocycles. The summed E-state index contributed by atoms with van der Waals surface area (Å²) in [6.45, 7) is 3.84. The Kier molecular flexibility index (Phi) is 5.10. The number of carbonyl (C=O) groups is 1. The van der Waals surface area contributed by atoms with Crippen LogP contribution in [0.25, 0.3) is 0 Å². The Morgan fingerprint density at radius 3 is 2.45 bits per heavy atom. The van der Waals surface area contributed by atoms with Gasteiger partial charge in [0.05, 0.1) is 16.5 Å². The summed E-state index contributed by atoms with van der Waals surface area (Å²) >= 11 is 7.31. The minimum absolute atomic E-state index is 0.131. The lowest BCUT2D eigenvalue weighted by atomic mass is 10.1. The molecule has 6 nitrogen and oxygen atoms in total. The molecule has 0 saturated heterocycles. The normalized spacial score (nSPS) is 10.5. The lowest BCUT2D eigenvalue weighted by molar-refractivity contribution is -0.113. The summed E-state index contributed by atoms with van der Waals surface area (Å²) in [6, 6.07) is 5.22. The van der Waals surface area contributed by atoms with Crippen molar-refractivity contribution in [3.05, 3.63) is 34.3 Å². The first-order valence-corrected chi connectivity index (χ1v) is 7.81. The van der Waals surface area contributed by atoms with E-state index in [0.717, 1.165) is 22.9 Å². The highest BCUT2D eigenvalue weighted by Crippen LogP contribution is 2.27. The molecule has 0 radical (unpaired) electrons. The first-order chi connectivity index (χ1) is 10.3. The topological polar surface area (TPSA) is 107 Å². The van der Waals surface area contributed by atoms with Crippen molar-refractivity contribution < 1.29 is 4.79 Å². The van der Waals surface area contributed by atoms with Gasteiger partial charge in [0.15, 0.2) is 5.16 Å². The average Bonchev–Trinajstić information content (AvgIpc) is 2.39. The first-order valence-electron chi connectivity index (χ1n) is 6.44. The first kappa shape index (κ1) is 16.4. The molecule has 1 aromatic heterocycles. The third-order valence-electron chi connectivity index (χ3n) is 2.77. The smallest absolute Gasteiger partial charge is 0.234 e. The van der Waals surface area contributed by atoms with Crippen LogP contribution in [0, 0.1) is 13.8 Å². The molecule has 0 saturated carbocycles. The number of thioether (sulfide) groups is 1. The van der Waals surface area contributed by atoms with Gasteiger partial charge in [-0.1, -0.05) is 29.4 Å². The van der Waals surface area contributed by atoms with Gasteiger partial charge in [-0.15, -0.1) is 0 Å². The summed E-state index contributed by atoms with van der Waals surface area (Å²) in [5.41, 5.74) is 13.7. The second-order valence-corrected chi connectivity index (χ2v) is 6.13. The van der Waals surface area contributed by atoms with Crippen LogP contribution in [0.5, 0.6) is 0 Å². The average molecular weight is 338 g/mol. The second kappa shape index (κ2) is 6.85. The number of carbonyl (C=O) groups excluding carboxylic acids is 1. The van der Waals surface area contributed by atoms with Gasteiger partial charge >= 0.3 is 0 Å². The van der Waals surface area contributed by atoms with Crippen molar-refractivity contribution in [3.8, 4) is 0 Å². The van der Waals surface area contributed by atoms with Crippen LogP contribution < -0.4 is 16.8 Å². The number of nitrogens with one attached hydrogen (secondary N) is 1. The van der Waals surface area contributed by atoms with Crippen LogP contribution in [0.15, 0.2) is 23.4 Å². The van der Waals surface area contributed by atoms with Gasteiger partial charge < -0.3 is 16.8 Å². The third-order valence-corrected chi connectivity index (χ3v) is 3.92. The molecular weight excluding hydrogens is 322 g/mol. The van der Waals surface area contributed by atoms with Gasteiger partial charge in [-0.3, -0.25) is 4.79 Å². The molecule has 0 aliphatic rings. The van der Waals surface area contributed by atoms with Crippen LogP contribution in [-0.2, 0) is 4.79 Å². The molecule has 0 bridgehead atoms. The van der Waals surface area contributed by atoms with Gasteiger partial charge in [0.1, 0.15) is 11.6 Å². The molecule has 0 aliphatic carbocycles. The minimum Gasteiger partial charge on any atom is -0.383 e. The number of nitrogens with two attached hydrogens (primary N) is 2. The van der Waals surface area contributed by atoms with Crippen molar-refractivity contribution in [2.45, 2.75) is 19.0 Å². The standard InChI is InChI=1S/C14H16ClN5OS/c1-7-3-8(2)13(9(15)4-7)20-12(21)6-22-14-18-10(16)5-11(17)19-14/h3-5H,6H2,1-2H3,(H,20,21)(H4,16,17,18,19). The van der Waals surface area contributed by atoms with Crippen LogP contribution in [0.3, 0.4) is 0 Å². The summed E-state index contributed by atoms with van der Waals surface area (Å²) in [5.74, 6) is 0.469. The fraction of sp³-hybridized carbons (Fsp3) is 0.214. The lowest BCUT2D eigenvalue weighted by Gasteiger charge is -2.11. The van der Waals surface area contributed by atoms with E-state index < -0.39 is 0 Å². The molecule has 0 atom stereocenters. The lowest BCUT2D eigenvalue weighted by Crippen LogP contribution is -2.15. The summed E-state index contributed by atoms with van der Waals surface area (Å²) in [6.07, 6.45) is 0. The van der Waals surface area contributed by atoms with Crippen molar-refractivity contribution >= 4 is 46.6 Å². The summed E-state index contributed by atoms with van der Waals surface area (Å²) in [4.78, 5) is 20.0. The maximum Gasteiger partial charge on any atom is 0.234 e. The number of hydrogen-bond donors (Lipinski definition) is 3. The van der Waals surface area contributed by atoms with Crippen LogP contribution >= 0.6 is 23.4 Å². The van der Waals surface area contributed by atoms with Gasteiger partial charge in [0.2, 0.25) is 5.91 Å². The highest BCUT2D eigenvalue weighted by Gasteiger charge is 2.11. The van der Waals surface area contributed by atoms with Crippen LogP contribution in [0.1, 0.15) is 11.1 Å². The summed E-state index contributed by atoms with van der Waals surface area (Å²) < 4.78 is 0. The van der Waals surface area contributed by atoms with Gasteiger partial charge in [-0.05, 0) is 31.0 Å². The number of hydrogen-bond acceptors (Lipinski definition) is 6. The molecule has 0 fully saturated rings. The van der Waals surface area contributed by atoms with Crippen LogP contribution in [-0.4, -0.2) is 21.6 Å². The molecule has 22 heavy (non-hydrogen) atoms. The Bertz CT molecular complexity index is 679. The number of aryl methyl sites for hydroxylation is 2. The van der Waals surface area contributed by atoms with E-state index in [1.165, 1.54) is 6.07 Å². The monoisotopic (exact) mass is 337 g/mol. The van der Waals surface area contributed by atoms with Crippen molar-refractivity contribution in [1.29, 1.82) is 0 Å². The van der Waals surface area contributed by atoms with E-state index in [2.05, 4.69) is 15.3 Å². The largest absolute Gasteiger partial charge is 0.383 e. The maximum absolute atomic E-state index is 12.0. The zero-order chi connectivity index (χ0) is 16.3. The van der Waals surface area contributed by atoms with E-state index >= 15 is 0 Å². The number of rotatable bonds is 4. The molecular formula is C14H16ClN5OS. The predicted molar refractivity (Wildman–Crippen MR) is 91.1 cm³/mol. The molecule has 1 amide bonds. The molecule has 2 rings (SSSR count). The quantitative estimate of drug-likeness (QED) is 0.585. The van der Waals surface area contributed by atoms with Gasteiger partial charge in [0.25, 0.3) is 0 Å². The molecule has 5 N–H and O–H groups in total. The van der Waals surface area contributed by atoms with Gasteiger partial charge in [0, 0.05) is 6.07 Å². The number of benzene rings is 1. The number of nitrogens with zero attached hydrogens (tertiary/aromatic N) is 2. The fourth-order valence-electron chi connectivity index (χ4n) is 1.91.